The average Bonchev–Trinajstić information content (AvgIpc) is 2.47. The number of anilines is 1. The molecule has 0 radical (unpaired) electrons. The molecule has 0 saturated heterocycles. The van der Waals surface area contributed by atoms with Crippen molar-refractivity contribution >= 4 is 5.69 Å². The van der Waals surface area contributed by atoms with Gasteiger partial charge >= 0.3 is 0 Å². The summed E-state index contributed by atoms with van der Waals surface area (Å²) in [6, 6.07) is 7.30. The van der Waals surface area contributed by atoms with Crippen LogP contribution in [-0.2, 0) is 6.61 Å². The van der Waals surface area contributed by atoms with Crippen molar-refractivity contribution in [2.45, 2.75) is 13.5 Å². The van der Waals surface area contributed by atoms with E-state index in [0.29, 0.717) is 22.9 Å². The van der Waals surface area contributed by atoms with Crippen LogP contribution < -0.4 is 19.9 Å². The SMILES string of the molecule is COc1ccnc(COc2cc(N)ccc2C)c1OC. The van der Waals surface area contributed by atoms with E-state index < -0.39 is 0 Å². The Morgan fingerprint density at radius 2 is 1.90 bits per heavy atom. The van der Waals surface area contributed by atoms with Gasteiger partial charge in [-0.2, -0.15) is 0 Å². The average molecular weight is 274 g/mol. The normalized spacial score (nSPS) is 10.2. The second kappa shape index (κ2) is 6.14. The highest BCUT2D eigenvalue weighted by Crippen LogP contribution is 2.30. The number of aryl methyl sites for hydroxylation is 1. The predicted molar refractivity (Wildman–Crippen MR) is 77.3 cm³/mol. The highest BCUT2D eigenvalue weighted by atomic mass is 16.5. The molecule has 0 unspecified atom stereocenters. The lowest BCUT2D eigenvalue weighted by molar-refractivity contribution is 0.283. The number of pyridine rings is 1. The molecule has 1 heterocycles. The summed E-state index contributed by atoms with van der Waals surface area (Å²) in [5, 5.41) is 0. The molecule has 2 N–H and O–H groups in total. The van der Waals surface area contributed by atoms with Gasteiger partial charge in [-0.3, -0.25) is 4.98 Å². The lowest BCUT2D eigenvalue weighted by Crippen LogP contribution is -2.04. The van der Waals surface area contributed by atoms with Gasteiger partial charge < -0.3 is 19.9 Å². The minimum Gasteiger partial charge on any atom is -0.493 e. The minimum atomic E-state index is 0.282. The van der Waals surface area contributed by atoms with E-state index in [-0.39, 0.29) is 6.61 Å². The molecule has 0 aliphatic heterocycles. The van der Waals surface area contributed by atoms with E-state index in [4.69, 9.17) is 19.9 Å². The zero-order chi connectivity index (χ0) is 14.5. The second-order valence-electron chi connectivity index (χ2n) is 4.31. The topological polar surface area (TPSA) is 66.6 Å². The first kappa shape index (κ1) is 14.0. The molecule has 1 aromatic carbocycles. The number of nitrogen functional groups attached to an aromatic ring is 1. The van der Waals surface area contributed by atoms with Crippen molar-refractivity contribution in [3.05, 3.63) is 41.7 Å². The summed E-state index contributed by atoms with van der Waals surface area (Å²) >= 11 is 0. The zero-order valence-corrected chi connectivity index (χ0v) is 11.8. The highest BCUT2D eigenvalue weighted by Gasteiger charge is 2.12. The third-order valence-corrected chi connectivity index (χ3v) is 2.94. The Balaban J connectivity index is 2.20. The number of nitrogens with two attached hydrogens (primary N) is 1. The summed E-state index contributed by atoms with van der Waals surface area (Å²) in [5.41, 5.74) is 8.11. The Kier molecular flexibility index (Phi) is 4.30. The Morgan fingerprint density at radius 3 is 2.60 bits per heavy atom. The zero-order valence-electron chi connectivity index (χ0n) is 11.8. The van der Waals surface area contributed by atoms with Crippen LogP contribution in [0.3, 0.4) is 0 Å². The predicted octanol–water partition coefficient (Wildman–Crippen LogP) is 2.57. The number of aromatic nitrogens is 1. The number of benzene rings is 1. The van der Waals surface area contributed by atoms with Gasteiger partial charge in [0, 0.05) is 24.0 Å². The molecule has 2 aromatic rings. The fourth-order valence-electron chi connectivity index (χ4n) is 1.87. The Labute approximate surface area is 118 Å². The van der Waals surface area contributed by atoms with Gasteiger partial charge in [0.05, 0.1) is 14.2 Å². The van der Waals surface area contributed by atoms with Gasteiger partial charge in [-0.15, -0.1) is 0 Å². The van der Waals surface area contributed by atoms with Crippen molar-refractivity contribution in [1.82, 2.24) is 4.98 Å². The molecule has 0 atom stereocenters. The van der Waals surface area contributed by atoms with Crippen LogP contribution in [0, 0.1) is 6.92 Å². The largest absolute Gasteiger partial charge is 0.493 e. The van der Waals surface area contributed by atoms with E-state index in [1.54, 1.807) is 32.5 Å². The molecule has 0 spiro atoms. The van der Waals surface area contributed by atoms with Crippen molar-refractivity contribution < 1.29 is 14.2 Å². The molecule has 0 aliphatic carbocycles. The van der Waals surface area contributed by atoms with Crippen molar-refractivity contribution in [1.29, 1.82) is 0 Å². The molecule has 0 bridgehead atoms. The molecule has 0 fully saturated rings. The Bertz CT molecular complexity index is 600. The lowest BCUT2D eigenvalue weighted by atomic mass is 10.2. The lowest BCUT2D eigenvalue weighted by Gasteiger charge is -2.13. The molecule has 5 nitrogen and oxygen atoms in total. The van der Waals surface area contributed by atoms with Gasteiger partial charge in [-0.25, -0.2) is 0 Å². The first-order valence-electron chi connectivity index (χ1n) is 6.20. The van der Waals surface area contributed by atoms with E-state index in [9.17, 15) is 0 Å². The number of nitrogens with zero attached hydrogens (tertiary/aromatic N) is 1. The first-order valence-corrected chi connectivity index (χ1v) is 6.20. The molecule has 2 rings (SSSR count). The van der Waals surface area contributed by atoms with E-state index in [1.807, 2.05) is 19.1 Å². The second-order valence-corrected chi connectivity index (χ2v) is 4.31. The van der Waals surface area contributed by atoms with E-state index in [2.05, 4.69) is 4.98 Å². The molecule has 20 heavy (non-hydrogen) atoms. The van der Waals surface area contributed by atoms with Crippen LogP contribution >= 0.6 is 0 Å². The number of ether oxygens (including phenoxy) is 3. The van der Waals surface area contributed by atoms with Gasteiger partial charge in [0.15, 0.2) is 11.5 Å². The summed E-state index contributed by atoms with van der Waals surface area (Å²) in [4.78, 5) is 4.26. The van der Waals surface area contributed by atoms with Crippen LogP contribution in [0.2, 0.25) is 0 Å². The van der Waals surface area contributed by atoms with E-state index >= 15 is 0 Å². The van der Waals surface area contributed by atoms with E-state index in [1.165, 1.54) is 0 Å². The van der Waals surface area contributed by atoms with Crippen LogP contribution in [0.1, 0.15) is 11.3 Å². The molecule has 106 valence electrons. The van der Waals surface area contributed by atoms with Crippen LogP contribution in [-0.4, -0.2) is 19.2 Å². The number of hydrogen-bond donors (Lipinski definition) is 1. The molecule has 5 heteroatoms. The smallest absolute Gasteiger partial charge is 0.185 e. The van der Waals surface area contributed by atoms with Crippen LogP contribution in [0.25, 0.3) is 0 Å². The summed E-state index contributed by atoms with van der Waals surface area (Å²) in [7, 11) is 3.17. The maximum atomic E-state index is 5.77. The van der Waals surface area contributed by atoms with Gasteiger partial charge in [0.25, 0.3) is 0 Å². The van der Waals surface area contributed by atoms with Crippen molar-refractivity contribution in [3.63, 3.8) is 0 Å². The molecule has 0 amide bonds. The summed E-state index contributed by atoms with van der Waals surface area (Å²) in [6.45, 7) is 2.25. The maximum Gasteiger partial charge on any atom is 0.185 e. The number of rotatable bonds is 5. The number of methoxy groups -OCH3 is 2. The first-order chi connectivity index (χ1) is 9.65. The highest BCUT2D eigenvalue weighted by molar-refractivity contribution is 5.48. The number of hydrogen-bond acceptors (Lipinski definition) is 5. The van der Waals surface area contributed by atoms with Gasteiger partial charge in [-0.1, -0.05) is 6.07 Å². The van der Waals surface area contributed by atoms with Crippen molar-refractivity contribution in [2.75, 3.05) is 20.0 Å². The van der Waals surface area contributed by atoms with Crippen LogP contribution in [0.5, 0.6) is 17.2 Å². The monoisotopic (exact) mass is 274 g/mol. The summed E-state index contributed by atoms with van der Waals surface area (Å²) in [6.07, 6.45) is 1.66. The molecule has 0 aliphatic rings. The van der Waals surface area contributed by atoms with E-state index in [0.717, 1.165) is 11.3 Å². The van der Waals surface area contributed by atoms with Crippen LogP contribution in [0.15, 0.2) is 30.5 Å². The Morgan fingerprint density at radius 1 is 1.10 bits per heavy atom. The minimum absolute atomic E-state index is 0.282. The quantitative estimate of drug-likeness (QED) is 0.849. The molecule has 0 saturated carbocycles. The molecular weight excluding hydrogens is 256 g/mol. The fraction of sp³-hybridized carbons (Fsp3) is 0.267. The standard InChI is InChI=1S/C15H18N2O3/c1-10-4-5-11(16)8-14(10)20-9-12-15(19-3)13(18-2)6-7-17-12/h4-8H,9,16H2,1-3H3. The summed E-state index contributed by atoms with van der Waals surface area (Å²) < 4.78 is 16.3. The van der Waals surface area contributed by atoms with Gasteiger partial charge in [0.1, 0.15) is 18.1 Å². The van der Waals surface area contributed by atoms with Crippen molar-refractivity contribution in [2.24, 2.45) is 0 Å². The van der Waals surface area contributed by atoms with Crippen molar-refractivity contribution in [3.8, 4) is 17.2 Å². The van der Waals surface area contributed by atoms with Gasteiger partial charge in [-0.05, 0) is 18.6 Å². The fourth-order valence-corrected chi connectivity index (χ4v) is 1.87. The van der Waals surface area contributed by atoms with Crippen LogP contribution in [0.4, 0.5) is 5.69 Å². The third-order valence-electron chi connectivity index (χ3n) is 2.94. The summed E-state index contributed by atoms with van der Waals surface area (Å²) in [5.74, 6) is 1.94. The Hall–Kier alpha value is -2.43. The molecular formula is C15H18N2O3. The third kappa shape index (κ3) is 2.93. The van der Waals surface area contributed by atoms with Gasteiger partial charge in [0.2, 0.25) is 0 Å². The maximum absolute atomic E-state index is 5.77. The molecule has 1 aromatic heterocycles.